The van der Waals surface area contributed by atoms with E-state index < -0.39 is 4.92 Å². The average molecular weight is 543 g/mol. The van der Waals surface area contributed by atoms with Crippen molar-refractivity contribution in [2.75, 3.05) is 20.2 Å². The predicted molar refractivity (Wildman–Crippen MR) is 157 cm³/mol. The lowest BCUT2D eigenvalue weighted by Crippen LogP contribution is -2.24. The Hall–Kier alpha value is -3.13. The van der Waals surface area contributed by atoms with Crippen molar-refractivity contribution < 1.29 is 23.6 Å². The molecule has 1 unspecified atom stereocenters. The Morgan fingerprint density at radius 2 is 1.54 bits per heavy atom. The molecule has 0 fully saturated rings. The smallest absolute Gasteiger partial charge is 0.278 e. The second kappa shape index (κ2) is 16.7. The Labute approximate surface area is 232 Å². The highest BCUT2D eigenvalue weighted by Gasteiger charge is 2.22. The fraction of sp³-hybridized carbons (Fsp3) is 0.581. The summed E-state index contributed by atoms with van der Waals surface area (Å²) in [5, 5.41) is 13.1. The van der Waals surface area contributed by atoms with E-state index in [0.717, 1.165) is 30.3 Å². The maximum atomic E-state index is 11.4. The first-order chi connectivity index (χ1) is 18.7. The molecule has 0 aliphatic heterocycles. The van der Waals surface area contributed by atoms with Gasteiger partial charge in [0, 0.05) is 37.0 Å². The lowest BCUT2D eigenvalue weighted by molar-refractivity contribution is -0.386. The van der Waals surface area contributed by atoms with Gasteiger partial charge >= 0.3 is 0 Å². The minimum Gasteiger partial charge on any atom is -0.491 e. The van der Waals surface area contributed by atoms with Crippen LogP contribution in [0.4, 0.5) is 5.69 Å². The minimum absolute atomic E-state index is 0.00504. The van der Waals surface area contributed by atoms with Crippen molar-refractivity contribution in [3.63, 3.8) is 0 Å². The van der Waals surface area contributed by atoms with Gasteiger partial charge in [0.05, 0.1) is 28.8 Å². The van der Waals surface area contributed by atoms with Crippen molar-refractivity contribution in [2.45, 2.75) is 98.2 Å². The summed E-state index contributed by atoms with van der Waals surface area (Å²) in [6.45, 7) is 12.0. The molecule has 0 saturated heterocycles. The summed E-state index contributed by atoms with van der Waals surface area (Å²) in [4.78, 5) is 23.6. The van der Waals surface area contributed by atoms with Crippen LogP contribution in [0, 0.1) is 10.1 Å². The SMILES string of the molecule is CCCCCCN(C=O)CCCCCC.COC(C)c1cc2c(cc1[N+](=O)[O-])oc1cc(OC(C)C)ccc12. The van der Waals surface area contributed by atoms with Gasteiger partial charge in [-0.25, -0.2) is 0 Å². The van der Waals surface area contributed by atoms with Gasteiger partial charge in [-0.3, -0.25) is 14.9 Å². The number of nitrogens with zero attached hydrogens (tertiary/aromatic N) is 2. The Morgan fingerprint density at radius 3 is 2.05 bits per heavy atom. The predicted octanol–water partition coefficient (Wildman–Crippen LogP) is 8.59. The third-order valence-corrected chi connectivity index (χ3v) is 6.70. The van der Waals surface area contributed by atoms with Gasteiger partial charge in [0.2, 0.25) is 6.41 Å². The molecule has 1 amide bonds. The summed E-state index contributed by atoms with van der Waals surface area (Å²) in [7, 11) is 1.53. The van der Waals surface area contributed by atoms with E-state index in [9.17, 15) is 14.9 Å². The van der Waals surface area contributed by atoms with Gasteiger partial charge in [0.1, 0.15) is 16.9 Å². The van der Waals surface area contributed by atoms with E-state index in [2.05, 4.69) is 13.8 Å². The highest BCUT2D eigenvalue weighted by molar-refractivity contribution is 6.06. The Morgan fingerprint density at radius 1 is 0.923 bits per heavy atom. The van der Waals surface area contributed by atoms with Crippen LogP contribution in [-0.4, -0.2) is 42.5 Å². The van der Waals surface area contributed by atoms with E-state index >= 15 is 0 Å². The summed E-state index contributed by atoms with van der Waals surface area (Å²) >= 11 is 0. The molecule has 0 bridgehead atoms. The topological polar surface area (TPSA) is 95.1 Å². The van der Waals surface area contributed by atoms with Gasteiger partial charge in [0.25, 0.3) is 5.69 Å². The van der Waals surface area contributed by atoms with Crippen LogP contribution in [0.2, 0.25) is 0 Å². The molecule has 3 rings (SSSR count). The van der Waals surface area contributed by atoms with Gasteiger partial charge in [-0.05, 0) is 51.8 Å². The van der Waals surface area contributed by atoms with Gasteiger partial charge < -0.3 is 18.8 Å². The zero-order chi connectivity index (χ0) is 28.8. The number of unbranched alkanes of at least 4 members (excludes halogenated alkanes) is 6. The number of nitro benzene ring substituents is 1. The fourth-order valence-corrected chi connectivity index (χ4v) is 4.47. The van der Waals surface area contributed by atoms with Crippen LogP contribution in [0.5, 0.6) is 5.75 Å². The zero-order valence-corrected chi connectivity index (χ0v) is 24.5. The van der Waals surface area contributed by atoms with Crippen LogP contribution in [0.15, 0.2) is 34.7 Å². The van der Waals surface area contributed by atoms with E-state index in [1.807, 2.05) is 30.9 Å². The molecular formula is C31H46N2O6. The van der Waals surface area contributed by atoms with Crippen molar-refractivity contribution >= 4 is 34.0 Å². The lowest BCUT2D eigenvalue weighted by Gasteiger charge is -2.16. The van der Waals surface area contributed by atoms with Crippen LogP contribution in [0.1, 0.15) is 97.7 Å². The van der Waals surface area contributed by atoms with Crippen LogP contribution < -0.4 is 4.74 Å². The first-order valence-electron chi connectivity index (χ1n) is 14.3. The summed E-state index contributed by atoms with van der Waals surface area (Å²) in [5.41, 5.74) is 1.64. The monoisotopic (exact) mass is 542 g/mol. The molecule has 39 heavy (non-hydrogen) atoms. The second-order valence-electron chi connectivity index (χ2n) is 10.2. The van der Waals surface area contributed by atoms with E-state index in [0.29, 0.717) is 22.5 Å². The molecule has 1 heterocycles. The normalized spacial score (nSPS) is 11.9. The molecule has 0 N–H and O–H groups in total. The number of ether oxygens (including phenoxy) is 2. The molecule has 1 aromatic heterocycles. The maximum absolute atomic E-state index is 11.4. The average Bonchev–Trinajstić information content (AvgIpc) is 3.27. The van der Waals surface area contributed by atoms with Gasteiger partial charge in [0.15, 0.2) is 0 Å². The maximum Gasteiger partial charge on any atom is 0.278 e. The number of nitro groups is 1. The fourth-order valence-electron chi connectivity index (χ4n) is 4.47. The number of amides is 1. The van der Waals surface area contributed by atoms with E-state index in [4.69, 9.17) is 13.9 Å². The Bertz CT molecular complexity index is 1160. The highest BCUT2D eigenvalue weighted by atomic mass is 16.6. The molecule has 1 atom stereocenters. The highest BCUT2D eigenvalue weighted by Crippen LogP contribution is 2.37. The minimum atomic E-state index is -0.412. The molecule has 2 aromatic carbocycles. The number of furan rings is 1. The standard InChI is InChI=1S/C18H19NO5.C13H27NO/c1-10(2)23-12-5-6-13-15-8-14(11(3)22-4)16(19(20)21)9-18(15)24-17(13)7-12;1-3-5-7-9-11-14(13-15)12-10-8-6-4-2/h5-11H,1-4H3;13H,3-12H2,1-2H3. The van der Waals surface area contributed by atoms with Crippen molar-refractivity contribution in [3.05, 3.63) is 46.0 Å². The van der Waals surface area contributed by atoms with E-state index in [1.165, 1.54) is 64.5 Å². The number of methoxy groups -OCH3 is 1. The number of rotatable bonds is 16. The molecular weight excluding hydrogens is 496 g/mol. The van der Waals surface area contributed by atoms with Crippen LogP contribution in [0.3, 0.4) is 0 Å². The van der Waals surface area contributed by atoms with E-state index in [-0.39, 0.29) is 17.9 Å². The van der Waals surface area contributed by atoms with Crippen molar-refractivity contribution in [1.29, 1.82) is 0 Å². The molecule has 216 valence electrons. The second-order valence-corrected chi connectivity index (χ2v) is 10.2. The quantitative estimate of drug-likeness (QED) is 0.0778. The summed E-state index contributed by atoms with van der Waals surface area (Å²) in [5.74, 6) is 0.705. The van der Waals surface area contributed by atoms with Crippen LogP contribution >= 0.6 is 0 Å². The van der Waals surface area contributed by atoms with Gasteiger partial charge in [-0.1, -0.05) is 52.4 Å². The molecule has 0 radical (unpaired) electrons. The number of carbonyl (C=O) groups is 1. The molecule has 0 saturated carbocycles. The molecule has 3 aromatic rings. The molecule has 8 heteroatoms. The largest absolute Gasteiger partial charge is 0.491 e. The molecule has 0 aliphatic rings. The van der Waals surface area contributed by atoms with Crippen LogP contribution in [0.25, 0.3) is 21.9 Å². The first-order valence-corrected chi connectivity index (χ1v) is 14.3. The lowest BCUT2D eigenvalue weighted by atomic mass is 10.0. The first kappa shape index (κ1) is 32.1. The zero-order valence-electron chi connectivity index (χ0n) is 24.5. The third-order valence-electron chi connectivity index (χ3n) is 6.70. The number of fused-ring (bicyclic) bond motifs is 3. The van der Waals surface area contributed by atoms with Gasteiger partial charge in [-0.2, -0.15) is 0 Å². The summed E-state index contributed by atoms with van der Waals surface area (Å²) in [6.07, 6.45) is 10.6. The van der Waals surface area contributed by atoms with Crippen molar-refractivity contribution in [1.82, 2.24) is 4.90 Å². The summed E-state index contributed by atoms with van der Waals surface area (Å²) < 4.78 is 16.8. The van der Waals surface area contributed by atoms with Crippen LogP contribution in [-0.2, 0) is 9.53 Å². The van der Waals surface area contributed by atoms with Crippen molar-refractivity contribution in [3.8, 4) is 5.75 Å². The molecule has 0 spiro atoms. The number of carbonyl (C=O) groups excluding carboxylic acids is 1. The van der Waals surface area contributed by atoms with Crippen molar-refractivity contribution in [2.24, 2.45) is 0 Å². The Kier molecular flexibility index (Phi) is 13.8. The van der Waals surface area contributed by atoms with E-state index in [1.54, 1.807) is 19.1 Å². The third kappa shape index (κ3) is 9.84. The summed E-state index contributed by atoms with van der Waals surface area (Å²) in [6, 6.07) is 8.82. The number of benzene rings is 2. The molecule has 8 nitrogen and oxygen atoms in total. The number of hydrogen-bond acceptors (Lipinski definition) is 6. The number of hydrogen-bond donors (Lipinski definition) is 0. The molecule has 0 aliphatic carbocycles. The van der Waals surface area contributed by atoms with Gasteiger partial charge in [-0.15, -0.1) is 0 Å². The Balaban J connectivity index is 0.000000309.